The molecule has 0 aliphatic carbocycles. The molecule has 0 saturated carbocycles. The van der Waals surface area contributed by atoms with E-state index in [4.69, 9.17) is 32.9 Å². The maximum atomic E-state index is 12.5. The van der Waals surface area contributed by atoms with E-state index in [2.05, 4.69) is 9.88 Å². The zero-order valence-corrected chi connectivity index (χ0v) is 19.2. The third kappa shape index (κ3) is 4.74. The standard InChI is InChI=1S/C25H23Cl2N3O2/c1-32-23-13-5-2-8-17(23)25(31)28-15-7-14-24-29-21-11-3-4-12-22(21)30(24)16-18-19(26)9-6-10-20(18)27/h2-6,8-13H,7,14-16H2,1H3,(H,28,31). The van der Waals surface area contributed by atoms with Gasteiger partial charge in [-0.05, 0) is 42.8 Å². The number of benzene rings is 3. The van der Waals surface area contributed by atoms with Crippen molar-refractivity contribution >= 4 is 40.1 Å². The average Bonchev–Trinajstić information content (AvgIpc) is 3.16. The van der Waals surface area contributed by atoms with Gasteiger partial charge < -0.3 is 14.6 Å². The summed E-state index contributed by atoms with van der Waals surface area (Å²) in [7, 11) is 1.56. The van der Waals surface area contributed by atoms with Gasteiger partial charge in [0.15, 0.2) is 0 Å². The van der Waals surface area contributed by atoms with Crippen LogP contribution in [0.2, 0.25) is 10.0 Å². The molecule has 4 rings (SSSR count). The van der Waals surface area contributed by atoms with Crippen LogP contribution in [0.5, 0.6) is 5.75 Å². The summed E-state index contributed by atoms with van der Waals surface area (Å²) in [5.74, 6) is 1.33. The zero-order valence-electron chi connectivity index (χ0n) is 17.6. The molecule has 5 nitrogen and oxygen atoms in total. The van der Waals surface area contributed by atoms with Crippen LogP contribution in [0.1, 0.15) is 28.2 Å². The van der Waals surface area contributed by atoms with Gasteiger partial charge in [0.2, 0.25) is 0 Å². The van der Waals surface area contributed by atoms with E-state index in [1.807, 2.05) is 54.6 Å². The molecule has 0 bridgehead atoms. The van der Waals surface area contributed by atoms with Crippen LogP contribution in [0, 0.1) is 0 Å². The van der Waals surface area contributed by atoms with Crippen LogP contribution in [0.15, 0.2) is 66.7 Å². The monoisotopic (exact) mass is 467 g/mol. The van der Waals surface area contributed by atoms with Gasteiger partial charge in [0.05, 0.1) is 30.3 Å². The van der Waals surface area contributed by atoms with E-state index >= 15 is 0 Å². The number of fused-ring (bicyclic) bond motifs is 1. The Labute approximate surface area is 196 Å². The number of methoxy groups -OCH3 is 1. The third-order valence-corrected chi connectivity index (χ3v) is 6.03. The van der Waals surface area contributed by atoms with Crippen LogP contribution in [-0.4, -0.2) is 29.1 Å². The Hall–Kier alpha value is -3.02. The highest BCUT2D eigenvalue weighted by atomic mass is 35.5. The number of nitrogens with one attached hydrogen (secondary N) is 1. The Kier molecular flexibility index (Phi) is 6.98. The number of para-hydroxylation sites is 3. The van der Waals surface area contributed by atoms with Crippen molar-refractivity contribution < 1.29 is 9.53 Å². The van der Waals surface area contributed by atoms with Crippen LogP contribution < -0.4 is 10.1 Å². The zero-order chi connectivity index (χ0) is 22.5. The number of hydrogen-bond acceptors (Lipinski definition) is 3. The van der Waals surface area contributed by atoms with Gasteiger partial charge in [0.1, 0.15) is 11.6 Å². The number of aromatic nitrogens is 2. The predicted molar refractivity (Wildman–Crippen MR) is 129 cm³/mol. The summed E-state index contributed by atoms with van der Waals surface area (Å²) in [5, 5.41) is 4.23. The molecule has 1 heterocycles. The Balaban J connectivity index is 1.49. The lowest BCUT2D eigenvalue weighted by Crippen LogP contribution is -2.25. The van der Waals surface area contributed by atoms with Crippen molar-refractivity contribution in [1.82, 2.24) is 14.9 Å². The molecule has 0 spiro atoms. The highest BCUT2D eigenvalue weighted by molar-refractivity contribution is 6.36. The van der Waals surface area contributed by atoms with Gasteiger partial charge in [-0.3, -0.25) is 4.79 Å². The number of hydrogen-bond donors (Lipinski definition) is 1. The molecule has 0 atom stereocenters. The second-order valence-corrected chi connectivity index (χ2v) is 8.18. The van der Waals surface area contributed by atoms with Crippen molar-refractivity contribution in [2.75, 3.05) is 13.7 Å². The first-order chi connectivity index (χ1) is 15.6. The van der Waals surface area contributed by atoms with Crippen molar-refractivity contribution in [3.05, 3.63) is 93.7 Å². The maximum Gasteiger partial charge on any atom is 0.255 e. The van der Waals surface area contributed by atoms with Gasteiger partial charge in [-0.1, -0.05) is 53.5 Å². The lowest BCUT2D eigenvalue weighted by Gasteiger charge is -2.13. The molecule has 7 heteroatoms. The summed E-state index contributed by atoms with van der Waals surface area (Å²) in [6.45, 7) is 1.05. The van der Waals surface area contributed by atoms with Crippen LogP contribution >= 0.6 is 23.2 Å². The lowest BCUT2D eigenvalue weighted by molar-refractivity contribution is 0.0950. The molecule has 1 amide bonds. The van der Waals surface area contributed by atoms with Gasteiger partial charge in [-0.2, -0.15) is 0 Å². The molecule has 4 aromatic rings. The molecule has 164 valence electrons. The van der Waals surface area contributed by atoms with Crippen LogP contribution in [0.4, 0.5) is 0 Å². The summed E-state index contributed by atoms with van der Waals surface area (Å²) >= 11 is 12.8. The SMILES string of the molecule is COc1ccccc1C(=O)NCCCc1nc2ccccc2n1Cc1c(Cl)cccc1Cl. The number of ether oxygens (including phenoxy) is 1. The van der Waals surface area contributed by atoms with Crippen molar-refractivity contribution in [2.45, 2.75) is 19.4 Å². The first-order valence-electron chi connectivity index (χ1n) is 10.4. The highest BCUT2D eigenvalue weighted by Crippen LogP contribution is 2.28. The molecule has 1 aromatic heterocycles. The summed E-state index contributed by atoms with van der Waals surface area (Å²) in [6, 6.07) is 20.7. The number of nitrogens with zero attached hydrogens (tertiary/aromatic N) is 2. The molecule has 0 saturated heterocycles. The van der Waals surface area contributed by atoms with E-state index in [1.165, 1.54) is 0 Å². The van der Waals surface area contributed by atoms with Crippen LogP contribution in [0.25, 0.3) is 11.0 Å². The van der Waals surface area contributed by atoms with Crippen molar-refractivity contribution in [3.63, 3.8) is 0 Å². The number of halogens is 2. The van der Waals surface area contributed by atoms with Crippen molar-refractivity contribution in [1.29, 1.82) is 0 Å². The van der Waals surface area contributed by atoms with E-state index < -0.39 is 0 Å². The van der Waals surface area contributed by atoms with Gasteiger partial charge in [0.25, 0.3) is 5.91 Å². The summed E-state index contributed by atoms with van der Waals surface area (Å²) in [6.07, 6.45) is 1.43. The van der Waals surface area contributed by atoms with Crippen molar-refractivity contribution in [2.24, 2.45) is 0 Å². The molecule has 0 unspecified atom stereocenters. The van der Waals surface area contributed by atoms with Gasteiger partial charge in [-0.25, -0.2) is 4.98 Å². The third-order valence-electron chi connectivity index (χ3n) is 5.33. The van der Waals surface area contributed by atoms with E-state index in [0.717, 1.165) is 28.8 Å². The molecule has 0 aliphatic rings. The van der Waals surface area contributed by atoms with E-state index in [0.29, 0.717) is 40.9 Å². The minimum atomic E-state index is -0.154. The molecular weight excluding hydrogens is 445 g/mol. The van der Waals surface area contributed by atoms with E-state index in [9.17, 15) is 4.79 Å². The second-order valence-electron chi connectivity index (χ2n) is 7.36. The summed E-state index contributed by atoms with van der Waals surface area (Å²) in [5.41, 5.74) is 3.33. The quantitative estimate of drug-likeness (QED) is 0.335. The van der Waals surface area contributed by atoms with Gasteiger partial charge >= 0.3 is 0 Å². The van der Waals surface area contributed by atoms with E-state index in [1.54, 1.807) is 19.2 Å². The topological polar surface area (TPSA) is 56.1 Å². The number of carbonyl (C=O) groups excluding carboxylic acids is 1. The smallest absolute Gasteiger partial charge is 0.255 e. The fourth-order valence-electron chi connectivity index (χ4n) is 3.71. The fraction of sp³-hybridized carbons (Fsp3) is 0.200. The minimum Gasteiger partial charge on any atom is -0.496 e. The van der Waals surface area contributed by atoms with E-state index in [-0.39, 0.29) is 5.91 Å². The first kappa shape index (κ1) is 22.2. The van der Waals surface area contributed by atoms with Gasteiger partial charge in [-0.15, -0.1) is 0 Å². The molecule has 1 N–H and O–H groups in total. The fourth-order valence-corrected chi connectivity index (χ4v) is 4.23. The molecular formula is C25H23Cl2N3O2. The summed E-state index contributed by atoms with van der Waals surface area (Å²) < 4.78 is 7.41. The molecule has 0 fully saturated rings. The maximum absolute atomic E-state index is 12.5. The summed E-state index contributed by atoms with van der Waals surface area (Å²) in [4.78, 5) is 17.3. The first-order valence-corrected chi connectivity index (χ1v) is 11.1. The Morgan fingerprint density at radius 3 is 2.50 bits per heavy atom. The number of imidazole rings is 1. The number of rotatable bonds is 8. The Morgan fingerprint density at radius 2 is 1.72 bits per heavy atom. The molecule has 3 aromatic carbocycles. The second kappa shape index (κ2) is 10.1. The lowest BCUT2D eigenvalue weighted by atomic mass is 10.2. The number of amides is 1. The Bertz CT molecular complexity index is 1230. The van der Waals surface area contributed by atoms with Gasteiger partial charge in [0, 0.05) is 28.6 Å². The normalized spacial score (nSPS) is 11.0. The number of aryl methyl sites for hydroxylation is 1. The number of carbonyl (C=O) groups is 1. The van der Waals surface area contributed by atoms with Crippen molar-refractivity contribution in [3.8, 4) is 5.75 Å². The average molecular weight is 468 g/mol. The van der Waals surface area contributed by atoms with Crippen LogP contribution in [0.3, 0.4) is 0 Å². The molecule has 0 radical (unpaired) electrons. The largest absolute Gasteiger partial charge is 0.496 e. The highest BCUT2D eigenvalue weighted by Gasteiger charge is 2.15. The predicted octanol–water partition coefficient (Wildman–Crippen LogP) is 5.76. The minimum absolute atomic E-state index is 0.154. The molecule has 0 aliphatic heterocycles. The Morgan fingerprint density at radius 1 is 1.00 bits per heavy atom. The molecule has 32 heavy (non-hydrogen) atoms. The van der Waals surface area contributed by atoms with Crippen LogP contribution in [-0.2, 0) is 13.0 Å².